The van der Waals surface area contributed by atoms with Gasteiger partial charge in [0.05, 0.1) is 12.3 Å². The number of ether oxygens (including phenoxy) is 2. The van der Waals surface area contributed by atoms with Crippen LogP contribution in [0.5, 0.6) is 0 Å². The van der Waals surface area contributed by atoms with E-state index >= 15 is 0 Å². The van der Waals surface area contributed by atoms with Crippen LogP contribution in [0.1, 0.15) is 0 Å². The van der Waals surface area contributed by atoms with E-state index in [9.17, 15) is 28.5 Å². The van der Waals surface area contributed by atoms with Crippen molar-refractivity contribution in [3.8, 4) is 0 Å². The van der Waals surface area contributed by atoms with E-state index in [2.05, 4.69) is 9.73 Å². The lowest BCUT2D eigenvalue weighted by Gasteiger charge is -2.39. The van der Waals surface area contributed by atoms with Gasteiger partial charge in [0.2, 0.25) is 6.29 Å². The zero-order valence-electron chi connectivity index (χ0n) is 12.2. The normalized spacial score (nSPS) is 31.8. The second-order valence-electron chi connectivity index (χ2n) is 5.07. The zero-order chi connectivity index (χ0) is 17.9. The molecule has 2 rings (SSSR count). The van der Waals surface area contributed by atoms with E-state index in [4.69, 9.17) is 9.84 Å². The summed E-state index contributed by atoms with van der Waals surface area (Å²) in [4.78, 5) is 3.33. The molecule has 0 radical (unpaired) electrons. The third-order valence-corrected chi connectivity index (χ3v) is 3.31. The summed E-state index contributed by atoms with van der Waals surface area (Å²) in [5, 5.41) is 37.9. The Morgan fingerprint density at radius 1 is 1.08 bits per heavy atom. The summed E-state index contributed by atoms with van der Waals surface area (Å²) < 4.78 is 48.7. The van der Waals surface area contributed by atoms with Crippen LogP contribution in [0.4, 0.5) is 18.9 Å². The van der Waals surface area contributed by atoms with Gasteiger partial charge in [-0.05, 0) is 12.1 Å². The Labute approximate surface area is 134 Å². The van der Waals surface area contributed by atoms with Crippen molar-refractivity contribution < 1.29 is 43.1 Å². The highest BCUT2D eigenvalue weighted by Gasteiger charge is 2.48. The molecule has 1 saturated heterocycles. The summed E-state index contributed by atoms with van der Waals surface area (Å²) in [5.41, 5.74) is -0.0468. The summed E-state index contributed by atoms with van der Waals surface area (Å²) in [7, 11) is 0. The minimum absolute atomic E-state index is 0.0468. The molecular weight excluding hydrogens is 335 g/mol. The van der Waals surface area contributed by atoms with Crippen LogP contribution in [0.2, 0.25) is 0 Å². The summed E-state index contributed by atoms with van der Waals surface area (Å²) in [6.45, 7) is -0.790. The number of aliphatic hydroxyl groups is 4. The number of hydrogen-bond acceptors (Lipinski definition) is 7. The van der Waals surface area contributed by atoms with E-state index in [-0.39, 0.29) is 5.69 Å². The first-order chi connectivity index (χ1) is 11.2. The topological polar surface area (TPSA) is 112 Å². The van der Waals surface area contributed by atoms with Gasteiger partial charge < -0.3 is 29.9 Å². The van der Waals surface area contributed by atoms with Gasteiger partial charge in [-0.15, -0.1) is 0 Å². The summed E-state index contributed by atoms with van der Waals surface area (Å²) >= 11 is 0. The molecule has 0 spiro atoms. The van der Waals surface area contributed by atoms with E-state index in [0.29, 0.717) is 0 Å². The molecular formula is C14H16F3NO6. The average Bonchev–Trinajstić information content (AvgIpc) is 2.54. The molecule has 1 aliphatic heterocycles. The molecule has 24 heavy (non-hydrogen) atoms. The van der Waals surface area contributed by atoms with Gasteiger partial charge in [0.15, 0.2) is 0 Å². The van der Waals surface area contributed by atoms with Crippen LogP contribution in [0.3, 0.4) is 0 Å². The third-order valence-electron chi connectivity index (χ3n) is 3.31. The summed E-state index contributed by atoms with van der Waals surface area (Å²) in [6.07, 6.45) is -13.9. The van der Waals surface area contributed by atoms with Crippen LogP contribution >= 0.6 is 0 Å². The standard InChI is InChI=1S/C14H16F3NO6/c15-14(16,17)13(18-7-4-2-1-3-5-7)24-12-11(22)10(21)9(20)8(6-19)23-12/h1-5,8-12,19-22H,6H2/t8-,9-,10+,11-,12?/m1/s1. The zero-order valence-corrected chi connectivity index (χ0v) is 12.2. The maximum absolute atomic E-state index is 13.1. The molecule has 7 nitrogen and oxygen atoms in total. The van der Waals surface area contributed by atoms with Crippen molar-refractivity contribution in [3.05, 3.63) is 30.3 Å². The molecule has 5 atom stereocenters. The number of para-hydroxylation sites is 1. The van der Waals surface area contributed by atoms with Crippen molar-refractivity contribution in [2.24, 2.45) is 4.99 Å². The van der Waals surface area contributed by atoms with Crippen LogP contribution in [-0.2, 0) is 9.47 Å². The first-order valence-electron chi connectivity index (χ1n) is 6.92. The average molecular weight is 351 g/mol. The van der Waals surface area contributed by atoms with Gasteiger partial charge in [-0.3, -0.25) is 0 Å². The molecule has 1 fully saturated rings. The third kappa shape index (κ3) is 4.22. The Bertz CT molecular complexity index is 565. The number of alkyl halides is 3. The number of aliphatic hydroxyl groups excluding tert-OH is 4. The molecule has 0 aliphatic carbocycles. The number of aliphatic imine (C=N–C) groups is 1. The molecule has 1 heterocycles. The minimum atomic E-state index is -4.99. The Morgan fingerprint density at radius 3 is 2.25 bits per heavy atom. The van der Waals surface area contributed by atoms with Crippen LogP contribution in [0.15, 0.2) is 35.3 Å². The predicted octanol–water partition coefficient (Wildman–Crippen LogP) is 0.0954. The lowest BCUT2D eigenvalue weighted by molar-refractivity contribution is -0.285. The molecule has 1 aromatic rings. The smallest absolute Gasteiger partial charge is 0.441 e. The Hall–Kier alpha value is -1.72. The van der Waals surface area contributed by atoms with Crippen LogP contribution in [0.25, 0.3) is 0 Å². The first-order valence-corrected chi connectivity index (χ1v) is 6.92. The molecule has 0 amide bonds. The Kier molecular flexibility index (Phi) is 5.78. The van der Waals surface area contributed by atoms with E-state index in [0.717, 1.165) is 0 Å². The van der Waals surface area contributed by atoms with Crippen molar-refractivity contribution in [1.29, 1.82) is 0 Å². The van der Waals surface area contributed by atoms with Crippen molar-refractivity contribution in [2.75, 3.05) is 6.61 Å². The summed E-state index contributed by atoms with van der Waals surface area (Å²) in [5.74, 6) is -1.70. The van der Waals surface area contributed by atoms with Crippen LogP contribution in [0, 0.1) is 0 Å². The fourth-order valence-electron chi connectivity index (χ4n) is 2.05. The fraction of sp³-hybridized carbons (Fsp3) is 0.500. The van der Waals surface area contributed by atoms with E-state index in [1.807, 2.05) is 0 Å². The first kappa shape index (κ1) is 18.6. The van der Waals surface area contributed by atoms with Gasteiger partial charge in [-0.2, -0.15) is 13.2 Å². The molecule has 10 heteroatoms. The van der Waals surface area contributed by atoms with Gasteiger partial charge in [-0.25, -0.2) is 4.99 Å². The van der Waals surface area contributed by atoms with E-state index in [1.165, 1.54) is 24.3 Å². The molecule has 1 aliphatic rings. The molecule has 0 saturated carbocycles. The van der Waals surface area contributed by atoms with Gasteiger partial charge in [-0.1, -0.05) is 18.2 Å². The van der Waals surface area contributed by atoms with Crippen LogP contribution in [-0.4, -0.2) is 69.8 Å². The van der Waals surface area contributed by atoms with Crippen molar-refractivity contribution in [3.63, 3.8) is 0 Å². The SMILES string of the molecule is OC[C@H]1OC(OC(=Nc2ccccc2)C(F)(F)F)[C@H](O)[C@@H](O)[C@@H]1O. The fourth-order valence-corrected chi connectivity index (χ4v) is 2.05. The monoisotopic (exact) mass is 351 g/mol. The number of hydrogen-bond donors (Lipinski definition) is 4. The molecule has 0 aromatic heterocycles. The lowest BCUT2D eigenvalue weighted by atomic mass is 9.99. The summed E-state index contributed by atoms with van der Waals surface area (Å²) in [6, 6.07) is 7.15. The second kappa shape index (κ2) is 7.45. The quantitative estimate of drug-likeness (QED) is 0.454. The van der Waals surface area contributed by atoms with Gasteiger partial charge in [0.25, 0.3) is 5.90 Å². The molecule has 1 unspecified atom stereocenters. The minimum Gasteiger partial charge on any atom is -0.441 e. The van der Waals surface area contributed by atoms with Gasteiger partial charge >= 0.3 is 6.18 Å². The van der Waals surface area contributed by atoms with Crippen LogP contribution < -0.4 is 0 Å². The van der Waals surface area contributed by atoms with Crippen molar-refractivity contribution in [2.45, 2.75) is 36.9 Å². The maximum Gasteiger partial charge on any atom is 0.468 e. The van der Waals surface area contributed by atoms with Crippen molar-refractivity contribution in [1.82, 2.24) is 0 Å². The number of nitrogens with zero attached hydrogens (tertiary/aromatic N) is 1. The predicted molar refractivity (Wildman–Crippen MR) is 74.4 cm³/mol. The molecule has 134 valence electrons. The lowest BCUT2D eigenvalue weighted by Crippen LogP contribution is -2.59. The molecule has 0 bridgehead atoms. The molecule has 1 aromatic carbocycles. The van der Waals surface area contributed by atoms with E-state index < -0.39 is 49.4 Å². The largest absolute Gasteiger partial charge is 0.468 e. The Balaban J connectivity index is 2.25. The molecule has 4 N–H and O–H groups in total. The Morgan fingerprint density at radius 2 is 1.71 bits per heavy atom. The second-order valence-corrected chi connectivity index (χ2v) is 5.07. The highest BCUT2D eigenvalue weighted by atomic mass is 19.4. The highest BCUT2D eigenvalue weighted by molar-refractivity contribution is 5.84. The van der Waals surface area contributed by atoms with Gasteiger partial charge in [0, 0.05) is 0 Å². The van der Waals surface area contributed by atoms with Crippen molar-refractivity contribution >= 4 is 11.6 Å². The number of halogens is 3. The number of benzene rings is 1. The highest BCUT2D eigenvalue weighted by Crippen LogP contribution is 2.27. The number of rotatable bonds is 3. The van der Waals surface area contributed by atoms with Gasteiger partial charge in [0.1, 0.15) is 24.4 Å². The maximum atomic E-state index is 13.1. The van der Waals surface area contributed by atoms with E-state index in [1.54, 1.807) is 6.07 Å².